The lowest BCUT2D eigenvalue weighted by atomic mass is 10.1. The van der Waals surface area contributed by atoms with Crippen molar-refractivity contribution >= 4 is 12.0 Å². The molecule has 0 aromatic rings. The molecule has 2 amide bonds. The van der Waals surface area contributed by atoms with Crippen LogP contribution in [-0.2, 0) is 9.53 Å². The van der Waals surface area contributed by atoms with Gasteiger partial charge in [-0.3, -0.25) is 4.79 Å². The lowest BCUT2D eigenvalue weighted by Gasteiger charge is -2.20. The van der Waals surface area contributed by atoms with Crippen LogP contribution in [0.5, 0.6) is 0 Å². The van der Waals surface area contributed by atoms with E-state index in [2.05, 4.69) is 5.32 Å². The molecule has 1 rings (SSSR count). The molecule has 0 saturated carbocycles. The largest absolute Gasteiger partial charge is 0.450 e. The number of amides is 2. The van der Waals surface area contributed by atoms with Gasteiger partial charge in [-0.05, 0) is 32.1 Å². The van der Waals surface area contributed by atoms with Crippen molar-refractivity contribution in [3.8, 4) is 0 Å². The van der Waals surface area contributed by atoms with Gasteiger partial charge in [0.15, 0.2) is 0 Å². The van der Waals surface area contributed by atoms with Crippen LogP contribution >= 0.6 is 0 Å². The molecule has 0 aromatic carbocycles. The van der Waals surface area contributed by atoms with Crippen molar-refractivity contribution in [3.05, 3.63) is 0 Å². The predicted molar refractivity (Wildman–Crippen MR) is 77.3 cm³/mol. The maximum Gasteiger partial charge on any atom is 0.407 e. The molecule has 1 unspecified atom stereocenters. The molecular formula is C14H27N3O3. The van der Waals surface area contributed by atoms with E-state index in [1.54, 1.807) is 0 Å². The van der Waals surface area contributed by atoms with E-state index in [1.165, 1.54) is 0 Å². The Hall–Kier alpha value is -1.30. The highest BCUT2D eigenvalue weighted by Gasteiger charge is 2.23. The molecule has 0 radical (unpaired) electrons. The molecule has 3 N–H and O–H groups in total. The van der Waals surface area contributed by atoms with Gasteiger partial charge >= 0.3 is 6.09 Å². The molecule has 116 valence electrons. The molecule has 0 aromatic heterocycles. The Bertz CT molecular complexity index is 304. The van der Waals surface area contributed by atoms with Crippen molar-refractivity contribution in [2.24, 2.45) is 5.73 Å². The highest BCUT2D eigenvalue weighted by Crippen LogP contribution is 2.10. The van der Waals surface area contributed by atoms with Gasteiger partial charge in [0, 0.05) is 19.6 Å². The molecule has 1 saturated heterocycles. The number of alkyl carbamates (subject to hydrolysis) is 1. The first kappa shape index (κ1) is 16.8. The number of nitrogens with one attached hydrogen (secondary N) is 1. The van der Waals surface area contributed by atoms with Gasteiger partial charge < -0.3 is 20.7 Å². The number of rotatable bonds is 8. The summed E-state index contributed by atoms with van der Waals surface area (Å²) in [5.41, 5.74) is 5.88. The summed E-state index contributed by atoms with van der Waals surface area (Å²) in [7, 11) is 0. The lowest BCUT2D eigenvalue weighted by molar-refractivity contribution is -0.131. The Morgan fingerprint density at radius 1 is 1.30 bits per heavy atom. The molecule has 1 atom stereocenters. The quantitative estimate of drug-likeness (QED) is 0.657. The monoisotopic (exact) mass is 285 g/mol. The summed E-state index contributed by atoms with van der Waals surface area (Å²) in [6.45, 7) is 4.64. The molecule has 1 fully saturated rings. The van der Waals surface area contributed by atoms with E-state index in [1.807, 2.05) is 11.8 Å². The molecule has 6 nitrogen and oxygen atoms in total. The first-order valence-electron chi connectivity index (χ1n) is 7.60. The first-order valence-corrected chi connectivity index (χ1v) is 7.60. The molecule has 1 aliphatic heterocycles. The standard InChI is InChI=1S/C14H27N3O3/c1-2-3-11-20-14(19)16-8-6-7-12(15)13(18)17-9-4-5-10-17/h12H,2-11,15H2,1H3,(H,16,19). The van der Waals surface area contributed by atoms with E-state index in [-0.39, 0.29) is 5.91 Å². The highest BCUT2D eigenvalue weighted by atomic mass is 16.5. The molecule has 0 aliphatic carbocycles. The molecule has 0 bridgehead atoms. The van der Waals surface area contributed by atoms with Crippen LogP contribution in [0.15, 0.2) is 0 Å². The number of hydrogen-bond acceptors (Lipinski definition) is 4. The van der Waals surface area contributed by atoms with Crippen LogP contribution in [-0.4, -0.2) is 49.2 Å². The topological polar surface area (TPSA) is 84.7 Å². The summed E-state index contributed by atoms with van der Waals surface area (Å²) in [6, 6.07) is -0.453. The number of hydrogen-bond donors (Lipinski definition) is 2. The Morgan fingerprint density at radius 3 is 2.65 bits per heavy atom. The zero-order valence-corrected chi connectivity index (χ0v) is 12.4. The van der Waals surface area contributed by atoms with Crippen molar-refractivity contribution in [3.63, 3.8) is 0 Å². The van der Waals surface area contributed by atoms with Crippen LogP contribution in [0.4, 0.5) is 4.79 Å². The number of nitrogens with two attached hydrogens (primary N) is 1. The Balaban J connectivity index is 2.05. The SMILES string of the molecule is CCCCOC(=O)NCCCC(N)C(=O)N1CCCC1. The zero-order valence-electron chi connectivity index (χ0n) is 12.4. The minimum absolute atomic E-state index is 0.0352. The average Bonchev–Trinajstić information content (AvgIpc) is 2.97. The number of carbonyl (C=O) groups is 2. The average molecular weight is 285 g/mol. The number of ether oxygens (including phenoxy) is 1. The van der Waals surface area contributed by atoms with Gasteiger partial charge in [0.2, 0.25) is 5.91 Å². The van der Waals surface area contributed by atoms with E-state index >= 15 is 0 Å². The summed E-state index contributed by atoms with van der Waals surface area (Å²) in [4.78, 5) is 25.0. The summed E-state index contributed by atoms with van der Waals surface area (Å²) in [6.07, 6.45) is 4.91. The number of unbranched alkanes of at least 4 members (excludes halogenated alkanes) is 1. The van der Waals surface area contributed by atoms with Crippen LogP contribution in [0, 0.1) is 0 Å². The summed E-state index contributed by atoms with van der Waals surface area (Å²) < 4.78 is 4.96. The Labute approximate surface area is 121 Å². The zero-order chi connectivity index (χ0) is 14.8. The highest BCUT2D eigenvalue weighted by molar-refractivity contribution is 5.81. The predicted octanol–water partition coefficient (Wildman–Crippen LogP) is 1.24. The second kappa shape index (κ2) is 9.58. The van der Waals surface area contributed by atoms with Crippen LogP contribution < -0.4 is 11.1 Å². The van der Waals surface area contributed by atoms with Crippen molar-refractivity contribution in [1.82, 2.24) is 10.2 Å². The van der Waals surface area contributed by atoms with E-state index in [0.717, 1.165) is 38.8 Å². The number of likely N-dealkylation sites (tertiary alicyclic amines) is 1. The maximum absolute atomic E-state index is 11.9. The van der Waals surface area contributed by atoms with E-state index in [9.17, 15) is 9.59 Å². The van der Waals surface area contributed by atoms with Gasteiger partial charge in [-0.25, -0.2) is 4.79 Å². The van der Waals surface area contributed by atoms with E-state index in [0.29, 0.717) is 26.0 Å². The molecule has 1 aliphatic rings. The normalized spacial score (nSPS) is 16.0. The molecule has 1 heterocycles. The second-order valence-corrected chi connectivity index (χ2v) is 5.20. The van der Waals surface area contributed by atoms with E-state index in [4.69, 9.17) is 10.5 Å². The van der Waals surface area contributed by atoms with Gasteiger partial charge in [0.1, 0.15) is 0 Å². The number of nitrogens with zero attached hydrogens (tertiary/aromatic N) is 1. The van der Waals surface area contributed by atoms with Crippen molar-refractivity contribution in [2.75, 3.05) is 26.2 Å². The fourth-order valence-electron chi connectivity index (χ4n) is 2.17. The molecular weight excluding hydrogens is 258 g/mol. The summed E-state index contributed by atoms with van der Waals surface area (Å²) in [5, 5.41) is 2.66. The van der Waals surface area contributed by atoms with Crippen LogP contribution in [0.25, 0.3) is 0 Å². The van der Waals surface area contributed by atoms with Gasteiger partial charge in [-0.1, -0.05) is 13.3 Å². The van der Waals surface area contributed by atoms with Crippen LogP contribution in [0.1, 0.15) is 45.4 Å². The first-order chi connectivity index (χ1) is 9.65. The van der Waals surface area contributed by atoms with Crippen molar-refractivity contribution in [2.45, 2.75) is 51.5 Å². The fraction of sp³-hybridized carbons (Fsp3) is 0.857. The molecule has 6 heteroatoms. The summed E-state index contributed by atoms with van der Waals surface area (Å²) in [5.74, 6) is 0.0352. The van der Waals surface area contributed by atoms with Gasteiger partial charge in [0.25, 0.3) is 0 Å². The minimum Gasteiger partial charge on any atom is -0.450 e. The second-order valence-electron chi connectivity index (χ2n) is 5.20. The van der Waals surface area contributed by atoms with Crippen molar-refractivity contribution < 1.29 is 14.3 Å². The van der Waals surface area contributed by atoms with E-state index < -0.39 is 12.1 Å². The summed E-state index contributed by atoms with van der Waals surface area (Å²) >= 11 is 0. The third kappa shape index (κ3) is 6.23. The van der Waals surface area contributed by atoms with Gasteiger partial charge in [-0.15, -0.1) is 0 Å². The third-order valence-electron chi connectivity index (χ3n) is 3.43. The number of carbonyl (C=O) groups excluding carboxylic acids is 2. The Kier molecular flexibility index (Phi) is 8.02. The molecule has 20 heavy (non-hydrogen) atoms. The smallest absolute Gasteiger partial charge is 0.407 e. The van der Waals surface area contributed by atoms with Gasteiger partial charge in [0.05, 0.1) is 12.6 Å². The third-order valence-corrected chi connectivity index (χ3v) is 3.43. The fourth-order valence-corrected chi connectivity index (χ4v) is 2.17. The minimum atomic E-state index is -0.453. The van der Waals surface area contributed by atoms with Crippen molar-refractivity contribution in [1.29, 1.82) is 0 Å². The van der Waals surface area contributed by atoms with Gasteiger partial charge in [-0.2, -0.15) is 0 Å². The molecule has 0 spiro atoms. The van der Waals surface area contributed by atoms with Crippen LogP contribution in [0.3, 0.4) is 0 Å². The van der Waals surface area contributed by atoms with Crippen LogP contribution in [0.2, 0.25) is 0 Å². The lowest BCUT2D eigenvalue weighted by Crippen LogP contribution is -2.42. The maximum atomic E-state index is 11.9. The Morgan fingerprint density at radius 2 is 2.00 bits per heavy atom.